The average Bonchev–Trinajstić information content (AvgIpc) is 2.06. The van der Waals surface area contributed by atoms with Crippen molar-refractivity contribution in [1.29, 1.82) is 0 Å². The highest BCUT2D eigenvalue weighted by molar-refractivity contribution is 5.13. The predicted octanol–water partition coefficient (Wildman–Crippen LogP) is -0.236. The van der Waals surface area contributed by atoms with E-state index in [2.05, 4.69) is 6.54 Å². The molecule has 3 nitrogen and oxygen atoms in total. The van der Waals surface area contributed by atoms with Crippen molar-refractivity contribution in [2.45, 2.75) is 6.10 Å². The van der Waals surface area contributed by atoms with E-state index < -0.39 is 6.10 Å². The lowest BCUT2D eigenvalue weighted by molar-refractivity contribution is 0.0780. The van der Waals surface area contributed by atoms with Crippen LogP contribution in [-0.2, 0) is 0 Å². The topological polar surface area (TPSA) is 43.7 Å². The van der Waals surface area contributed by atoms with Gasteiger partial charge in [0, 0.05) is 12.7 Å². The van der Waals surface area contributed by atoms with Gasteiger partial charge in [0.25, 0.3) is 0 Å². The Hall–Kier alpha value is -0.800. The van der Waals surface area contributed by atoms with E-state index in [4.69, 9.17) is 10.2 Å². The molecule has 11 heavy (non-hydrogen) atoms. The van der Waals surface area contributed by atoms with Gasteiger partial charge in [0.05, 0.1) is 12.7 Å². The van der Waals surface area contributed by atoms with Crippen molar-refractivity contribution in [2.75, 3.05) is 13.2 Å². The number of rotatable bonds is 3. The van der Waals surface area contributed by atoms with Crippen LogP contribution in [0.2, 0.25) is 0 Å². The maximum absolute atomic E-state index is 9.02. The largest absolute Gasteiger partial charge is 0.394 e. The number of allylic oxidation sites excluding steroid dienone is 2. The first-order valence-corrected chi connectivity index (χ1v) is 3.48. The minimum absolute atomic E-state index is 0.213. The second-order valence-electron chi connectivity index (χ2n) is 2.32. The molecule has 0 saturated carbocycles. The summed E-state index contributed by atoms with van der Waals surface area (Å²) < 4.78 is 0. The molecule has 0 spiro atoms. The zero-order valence-electron chi connectivity index (χ0n) is 6.14. The van der Waals surface area contributed by atoms with Gasteiger partial charge >= 0.3 is 0 Å². The molecule has 2 N–H and O–H groups in total. The maximum Gasteiger partial charge on any atom is 0.118 e. The lowest BCUT2D eigenvalue weighted by Crippen LogP contribution is -2.29. The standard InChI is InChI=1S/C8H11NO2/c10-7-8(11)6-9-4-2-1-3-5-9/h1-4,8,10-11H,6-7H2. The third kappa shape index (κ3) is 2.74. The van der Waals surface area contributed by atoms with Crippen LogP contribution in [0, 0.1) is 6.54 Å². The first-order chi connectivity index (χ1) is 5.33. The van der Waals surface area contributed by atoms with E-state index in [1.54, 1.807) is 17.2 Å². The molecular weight excluding hydrogens is 142 g/mol. The van der Waals surface area contributed by atoms with E-state index in [0.29, 0.717) is 6.54 Å². The molecule has 0 aromatic heterocycles. The van der Waals surface area contributed by atoms with Gasteiger partial charge in [0.15, 0.2) is 0 Å². The first-order valence-electron chi connectivity index (χ1n) is 3.48. The monoisotopic (exact) mass is 153 g/mol. The van der Waals surface area contributed by atoms with Crippen molar-refractivity contribution < 1.29 is 10.2 Å². The Balaban J connectivity index is 2.27. The van der Waals surface area contributed by atoms with Crippen molar-refractivity contribution in [2.24, 2.45) is 0 Å². The van der Waals surface area contributed by atoms with Crippen molar-refractivity contribution in [3.05, 3.63) is 31.0 Å². The molecule has 60 valence electrons. The Morgan fingerprint density at radius 1 is 1.45 bits per heavy atom. The number of aliphatic hydroxyl groups excluding tert-OH is 2. The lowest BCUT2D eigenvalue weighted by atomic mass is 10.3. The minimum Gasteiger partial charge on any atom is -0.394 e. The predicted molar refractivity (Wildman–Crippen MR) is 41.3 cm³/mol. The molecule has 0 aliphatic carbocycles. The number of aliphatic hydroxyl groups is 2. The fourth-order valence-electron chi connectivity index (χ4n) is 0.789. The van der Waals surface area contributed by atoms with Gasteiger partial charge in [-0.2, -0.15) is 0 Å². The van der Waals surface area contributed by atoms with E-state index >= 15 is 0 Å². The molecule has 0 bridgehead atoms. The van der Waals surface area contributed by atoms with Gasteiger partial charge in [-0.15, -0.1) is 0 Å². The molecule has 1 aliphatic heterocycles. The molecule has 3 heteroatoms. The summed E-state index contributed by atoms with van der Waals surface area (Å²) in [5.41, 5.74) is 0. The number of hydrogen-bond donors (Lipinski definition) is 2. The van der Waals surface area contributed by atoms with E-state index in [9.17, 15) is 0 Å². The summed E-state index contributed by atoms with van der Waals surface area (Å²) in [7, 11) is 0. The highest BCUT2D eigenvalue weighted by Gasteiger charge is 2.07. The van der Waals surface area contributed by atoms with E-state index in [0.717, 1.165) is 0 Å². The van der Waals surface area contributed by atoms with Gasteiger partial charge in [-0.1, -0.05) is 12.2 Å². The van der Waals surface area contributed by atoms with Crippen LogP contribution in [0.1, 0.15) is 0 Å². The highest BCUT2D eigenvalue weighted by atomic mass is 16.3. The highest BCUT2D eigenvalue weighted by Crippen LogP contribution is 2.03. The maximum atomic E-state index is 9.02. The van der Waals surface area contributed by atoms with E-state index in [-0.39, 0.29) is 6.61 Å². The molecule has 1 unspecified atom stereocenters. The molecule has 1 atom stereocenters. The second kappa shape index (κ2) is 4.16. The van der Waals surface area contributed by atoms with Crippen LogP contribution in [-0.4, -0.2) is 34.4 Å². The Morgan fingerprint density at radius 2 is 2.27 bits per heavy atom. The number of nitrogens with zero attached hydrogens (tertiary/aromatic N) is 1. The summed E-state index contributed by atoms with van der Waals surface area (Å²) in [6.07, 6.45) is 6.55. The van der Waals surface area contributed by atoms with Crippen molar-refractivity contribution in [3.63, 3.8) is 0 Å². The van der Waals surface area contributed by atoms with E-state index in [1.807, 2.05) is 12.2 Å². The fraction of sp³-hybridized carbons (Fsp3) is 0.375. The van der Waals surface area contributed by atoms with Gasteiger partial charge in [0.1, 0.15) is 6.54 Å². The molecule has 0 saturated heterocycles. The molecule has 0 amide bonds. The summed E-state index contributed by atoms with van der Waals surface area (Å²) in [6.45, 7) is 3.05. The Morgan fingerprint density at radius 3 is 2.82 bits per heavy atom. The normalized spacial score (nSPS) is 18.9. The Labute approximate surface area is 66.3 Å². The van der Waals surface area contributed by atoms with Crippen LogP contribution in [0.5, 0.6) is 0 Å². The Bertz CT molecular complexity index is 165. The molecule has 1 aliphatic rings. The quantitative estimate of drug-likeness (QED) is 0.588. The summed E-state index contributed by atoms with van der Waals surface area (Å²) in [5, 5.41) is 17.5. The molecule has 1 heterocycles. The number of β-amino-alcohol motifs (C(OH)–C–C–N with tert-alkyl or cyclic N) is 1. The van der Waals surface area contributed by atoms with Crippen LogP contribution < -0.4 is 0 Å². The lowest BCUT2D eigenvalue weighted by Gasteiger charge is -2.21. The molecule has 0 fully saturated rings. The van der Waals surface area contributed by atoms with Crippen LogP contribution in [0.25, 0.3) is 0 Å². The van der Waals surface area contributed by atoms with Crippen LogP contribution in [0.3, 0.4) is 0 Å². The van der Waals surface area contributed by atoms with Gasteiger partial charge in [0.2, 0.25) is 0 Å². The van der Waals surface area contributed by atoms with Gasteiger partial charge < -0.3 is 15.1 Å². The molecule has 0 aromatic rings. The molecular formula is C8H11NO2. The second-order valence-corrected chi connectivity index (χ2v) is 2.32. The zero-order chi connectivity index (χ0) is 8.10. The third-order valence-electron chi connectivity index (χ3n) is 1.33. The van der Waals surface area contributed by atoms with Gasteiger partial charge in [-0.05, 0) is 6.08 Å². The third-order valence-corrected chi connectivity index (χ3v) is 1.33. The summed E-state index contributed by atoms with van der Waals surface area (Å²) in [5.74, 6) is 0. The molecule has 0 aromatic carbocycles. The number of hydrogen-bond acceptors (Lipinski definition) is 3. The molecule has 1 rings (SSSR count). The fourth-order valence-corrected chi connectivity index (χ4v) is 0.789. The van der Waals surface area contributed by atoms with Crippen molar-refractivity contribution >= 4 is 0 Å². The van der Waals surface area contributed by atoms with Crippen LogP contribution >= 0.6 is 0 Å². The average molecular weight is 153 g/mol. The smallest absolute Gasteiger partial charge is 0.118 e. The van der Waals surface area contributed by atoms with Gasteiger partial charge in [-0.25, -0.2) is 0 Å². The Kier molecular flexibility index (Phi) is 3.14. The van der Waals surface area contributed by atoms with Crippen molar-refractivity contribution in [1.82, 2.24) is 4.90 Å². The van der Waals surface area contributed by atoms with Crippen molar-refractivity contribution in [3.8, 4) is 0 Å². The minimum atomic E-state index is -0.696. The molecule has 2 radical (unpaired) electrons. The zero-order valence-corrected chi connectivity index (χ0v) is 6.14. The van der Waals surface area contributed by atoms with E-state index in [1.165, 1.54) is 0 Å². The van der Waals surface area contributed by atoms with Crippen LogP contribution in [0.15, 0.2) is 24.4 Å². The summed E-state index contributed by atoms with van der Waals surface area (Å²) in [4.78, 5) is 1.70. The summed E-state index contributed by atoms with van der Waals surface area (Å²) >= 11 is 0. The SMILES string of the molecule is OCC(O)CN1[C]C=CC=C1. The first kappa shape index (κ1) is 8.30. The summed E-state index contributed by atoms with van der Waals surface area (Å²) in [6, 6.07) is 0. The van der Waals surface area contributed by atoms with Crippen LogP contribution in [0.4, 0.5) is 0 Å². The van der Waals surface area contributed by atoms with Gasteiger partial charge in [-0.3, -0.25) is 0 Å².